The molecule has 174 valence electrons. The number of carbonyl (C=O) groups is 1. The van der Waals surface area contributed by atoms with Gasteiger partial charge in [0.1, 0.15) is 0 Å². The summed E-state index contributed by atoms with van der Waals surface area (Å²) in [6.45, 7) is 5.63. The van der Waals surface area contributed by atoms with Gasteiger partial charge in [0.2, 0.25) is 0 Å². The maximum absolute atomic E-state index is 12.5. The van der Waals surface area contributed by atoms with E-state index in [0.29, 0.717) is 6.54 Å². The predicted octanol–water partition coefficient (Wildman–Crippen LogP) is 5.26. The fourth-order valence-corrected chi connectivity index (χ4v) is 4.28. The number of hydrogen-bond acceptors (Lipinski definition) is 3. The molecule has 0 fully saturated rings. The Balaban J connectivity index is 0.00000181. The number of benzene rings is 2. The number of nitrogens with zero attached hydrogens (tertiary/aromatic N) is 1. The first-order valence-corrected chi connectivity index (χ1v) is 11.0. The minimum Gasteiger partial charge on any atom is -0.355 e. The number of halogens is 2. The molecule has 0 bridgehead atoms. The standard InChI is InChI=1S/C25H32N4O.2ClH/c1-4-5-6-9-26-14-17-7-8-22-19(10-17)13-23(28-22)21-12-18(16-29(2)3)11-20-15-27-25(30)24(20)21;;/h7-8,10-13,26,28H,4-6,9,14-16H2,1-3H3,(H,27,30);2*1H. The van der Waals surface area contributed by atoms with Crippen LogP contribution in [0.4, 0.5) is 0 Å². The second-order valence-corrected chi connectivity index (χ2v) is 8.59. The maximum atomic E-state index is 12.5. The van der Waals surface area contributed by atoms with E-state index in [-0.39, 0.29) is 30.7 Å². The van der Waals surface area contributed by atoms with Crippen LogP contribution in [0.25, 0.3) is 22.2 Å². The van der Waals surface area contributed by atoms with Crippen LogP contribution in [0.15, 0.2) is 36.4 Å². The molecule has 0 spiro atoms. The average molecular weight is 477 g/mol. The van der Waals surface area contributed by atoms with Gasteiger partial charge in [-0.25, -0.2) is 0 Å². The van der Waals surface area contributed by atoms with E-state index in [1.165, 1.54) is 35.8 Å². The van der Waals surface area contributed by atoms with Crippen molar-refractivity contribution < 1.29 is 4.79 Å². The first kappa shape index (κ1) is 26.2. The van der Waals surface area contributed by atoms with E-state index < -0.39 is 0 Å². The topological polar surface area (TPSA) is 60.2 Å². The van der Waals surface area contributed by atoms with Gasteiger partial charge >= 0.3 is 0 Å². The number of hydrogen-bond donors (Lipinski definition) is 3. The quantitative estimate of drug-likeness (QED) is 0.369. The number of carbonyl (C=O) groups excluding carboxylic acids is 1. The van der Waals surface area contributed by atoms with Crippen molar-refractivity contribution in [3.63, 3.8) is 0 Å². The molecule has 4 rings (SSSR count). The summed E-state index contributed by atoms with van der Waals surface area (Å²) in [4.78, 5) is 18.2. The number of aromatic nitrogens is 1. The monoisotopic (exact) mass is 476 g/mol. The normalized spacial score (nSPS) is 12.4. The lowest BCUT2D eigenvalue weighted by Gasteiger charge is -2.13. The van der Waals surface area contributed by atoms with Crippen LogP contribution in [0.3, 0.4) is 0 Å². The summed E-state index contributed by atoms with van der Waals surface area (Å²) in [7, 11) is 4.13. The van der Waals surface area contributed by atoms with Gasteiger partial charge in [0.25, 0.3) is 5.91 Å². The zero-order valence-electron chi connectivity index (χ0n) is 19.1. The molecule has 1 aliphatic heterocycles. The summed E-state index contributed by atoms with van der Waals surface area (Å²) in [6.07, 6.45) is 3.75. The largest absolute Gasteiger partial charge is 0.355 e. The molecule has 0 radical (unpaired) electrons. The fraction of sp³-hybridized carbons (Fsp3) is 0.400. The molecule has 2 heterocycles. The van der Waals surface area contributed by atoms with E-state index in [1.807, 2.05) is 0 Å². The molecule has 1 aromatic heterocycles. The van der Waals surface area contributed by atoms with Crippen LogP contribution in [-0.4, -0.2) is 36.4 Å². The summed E-state index contributed by atoms with van der Waals surface area (Å²) in [6, 6.07) is 13.1. The molecule has 2 aromatic carbocycles. The van der Waals surface area contributed by atoms with E-state index in [9.17, 15) is 4.79 Å². The Morgan fingerprint density at radius 2 is 1.84 bits per heavy atom. The van der Waals surface area contributed by atoms with E-state index in [1.54, 1.807) is 0 Å². The lowest BCUT2D eigenvalue weighted by atomic mass is 9.97. The van der Waals surface area contributed by atoms with Crippen molar-refractivity contribution in [2.75, 3.05) is 20.6 Å². The molecule has 3 aromatic rings. The molecule has 0 saturated heterocycles. The van der Waals surface area contributed by atoms with E-state index >= 15 is 0 Å². The van der Waals surface area contributed by atoms with E-state index in [0.717, 1.165) is 47.5 Å². The molecule has 3 N–H and O–H groups in total. The number of rotatable bonds is 9. The van der Waals surface area contributed by atoms with Gasteiger partial charge in [0.15, 0.2) is 0 Å². The van der Waals surface area contributed by atoms with Crippen LogP contribution in [-0.2, 0) is 19.6 Å². The minimum absolute atomic E-state index is 0. The SMILES string of the molecule is CCCCCNCc1ccc2[nH]c(-c3cc(CN(C)C)cc4c3C(=O)NC4)cc2c1.Cl.Cl. The van der Waals surface area contributed by atoms with Crippen LogP contribution >= 0.6 is 24.8 Å². The fourth-order valence-electron chi connectivity index (χ4n) is 4.28. The third-order valence-corrected chi connectivity index (χ3v) is 5.71. The van der Waals surface area contributed by atoms with Gasteiger partial charge in [-0.1, -0.05) is 31.9 Å². The number of fused-ring (bicyclic) bond motifs is 2. The van der Waals surface area contributed by atoms with Crippen LogP contribution in [0.2, 0.25) is 0 Å². The number of unbranched alkanes of at least 4 members (excludes halogenated alkanes) is 2. The minimum atomic E-state index is 0. The summed E-state index contributed by atoms with van der Waals surface area (Å²) in [5, 5.41) is 7.70. The van der Waals surface area contributed by atoms with Crippen molar-refractivity contribution in [2.45, 2.75) is 45.8 Å². The molecule has 0 aliphatic carbocycles. The first-order valence-electron chi connectivity index (χ1n) is 11.0. The zero-order valence-corrected chi connectivity index (χ0v) is 20.7. The van der Waals surface area contributed by atoms with Gasteiger partial charge in [-0.05, 0) is 68.0 Å². The van der Waals surface area contributed by atoms with Crippen LogP contribution in [0.1, 0.15) is 53.2 Å². The molecule has 7 heteroatoms. The molecule has 32 heavy (non-hydrogen) atoms. The number of amides is 1. The Hall–Kier alpha value is -2.05. The van der Waals surface area contributed by atoms with Gasteiger partial charge in [0, 0.05) is 41.8 Å². The van der Waals surface area contributed by atoms with Gasteiger partial charge < -0.3 is 20.5 Å². The molecule has 0 unspecified atom stereocenters. The van der Waals surface area contributed by atoms with Crippen molar-refractivity contribution in [1.29, 1.82) is 0 Å². The molecule has 0 saturated carbocycles. The highest BCUT2D eigenvalue weighted by Crippen LogP contribution is 2.33. The van der Waals surface area contributed by atoms with Crippen LogP contribution in [0, 0.1) is 0 Å². The summed E-state index contributed by atoms with van der Waals surface area (Å²) in [5.41, 5.74) is 7.51. The highest BCUT2D eigenvalue weighted by molar-refractivity contribution is 6.05. The Kier molecular flexibility index (Phi) is 9.59. The summed E-state index contributed by atoms with van der Waals surface area (Å²) < 4.78 is 0. The Bertz CT molecular complexity index is 1060. The Morgan fingerprint density at radius 1 is 1.03 bits per heavy atom. The van der Waals surface area contributed by atoms with Crippen LogP contribution in [0.5, 0.6) is 0 Å². The van der Waals surface area contributed by atoms with Crippen molar-refractivity contribution in [2.24, 2.45) is 0 Å². The maximum Gasteiger partial charge on any atom is 0.252 e. The molecule has 5 nitrogen and oxygen atoms in total. The summed E-state index contributed by atoms with van der Waals surface area (Å²) >= 11 is 0. The van der Waals surface area contributed by atoms with Crippen molar-refractivity contribution in [3.05, 3.63) is 58.7 Å². The smallest absolute Gasteiger partial charge is 0.252 e. The Labute approximate surface area is 203 Å². The molecule has 1 amide bonds. The van der Waals surface area contributed by atoms with Gasteiger partial charge in [-0.15, -0.1) is 24.8 Å². The van der Waals surface area contributed by atoms with E-state index in [4.69, 9.17) is 0 Å². The van der Waals surface area contributed by atoms with Crippen molar-refractivity contribution in [1.82, 2.24) is 20.5 Å². The lowest BCUT2D eigenvalue weighted by molar-refractivity contribution is 0.0966. The number of aromatic amines is 1. The van der Waals surface area contributed by atoms with Crippen molar-refractivity contribution >= 4 is 41.6 Å². The van der Waals surface area contributed by atoms with Gasteiger partial charge in [-0.2, -0.15) is 0 Å². The summed E-state index contributed by atoms with van der Waals surface area (Å²) in [5.74, 6) is 0.0204. The van der Waals surface area contributed by atoms with Crippen molar-refractivity contribution in [3.8, 4) is 11.3 Å². The highest BCUT2D eigenvalue weighted by atomic mass is 35.5. The second kappa shape index (κ2) is 11.7. The molecule has 0 atom stereocenters. The average Bonchev–Trinajstić information content (AvgIpc) is 3.30. The zero-order chi connectivity index (χ0) is 21.1. The van der Waals surface area contributed by atoms with E-state index in [2.05, 4.69) is 77.9 Å². The third-order valence-electron chi connectivity index (χ3n) is 5.71. The highest BCUT2D eigenvalue weighted by Gasteiger charge is 2.25. The third kappa shape index (κ3) is 5.84. The van der Waals surface area contributed by atoms with Gasteiger partial charge in [0.05, 0.1) is 5.56 Å². The second-order valence-electron chi connectivity index (χ2n) is 8.59. The predicted molar refractivity (Wildman–Crippen MR) is 138 cm³/mol. The lowest BCUT2D eigenvalue weighted by Crippen LogP contribution is -2.14. The molecular formula is C25H34Cl2N4O. The first-order chi connectivity index (χ1) is 14.5. The number of nitrogens with one attached hydrogen (secondary N) is 3. The van der Waals surface area contributed by atoms with Crippen LogP contribution < -0.4 is 10.6 Å². The number of H-pyrrole nitrogens is 1. The van der Waals surface area contributed by atoms with Gasteiger partial charge in [-0.3, -0.25) is 4.79 Å². The molecule has 1 aliphatic rings. The Morgan fingerprint density at radius 3 is 2.59 bits per heavy atom. The molecular weight excluding hydrogens is 443 g/mol.